The van der Waals surface area contributed by atoms with E-state index in [1.165, 1.54) is 11.9 Å². The van der Waals surface area contributed by atoms with Crippen molar-refractivity contribution in [1.29, 1.82) is 0 Å². The highest BCUT2D eigenvalue weighted by atomic mass is 35.5. The first-order chi connectivity index (χ1) is 12.4. The number of carbonyl (C=O) groups excluding carboxylic acids is 2. The fourth-order valence-corrected chi connectivity index (χ4v) is 3.05. The van der Waals surface area contributed by atoms with Crippen molar-refractivity contribution in [3.8, 4) is 11.1 Å². The summed E-state index contributed by atoms with van der Waals surface area (Å²) in [5.74, 6) is -1.49. The first-order valence-corrected chi connectivity index (χ1v) is 8.44. The van der Waals surface area contributed by atoms with Crippen molar-refractivity contribution in [3.05, 3.63) is 64.6 Å². The predicted molar refractivity (Wildman–Crippen MR) is 98.5 cm³/mol. The van der Waals surface area contributed by atoms with Gasteiger partial charge in [-0.2, -0.15) is 0 Å². The second kappa shape index (κ2) is 7.17. The van der Waals surface area contributed by atoms with E-state index in [9.17, 15) is 14.7 Å². The van der Waals surface area contributed by atoms with Gasteiger partial charge in [0.1, 0.15) is 0 Å². The van der Waals surface area contributed by atoms with Crippen LogP contribution in [-0.4, -0.2) is 40.4 Å². The topological polar surface area (TPSA) is 82.5 Å². The molecule has 7 heteroatoms. The molecule has 2 aromatic rings. The van der Waals surface area contributed by atoms with Crippen LogP contribution in [0.5, 0.6) is 0 Å². The van der Waals surface area contributed by atoms with Gasteiger partial charge in [-0.15, -0.1) is 0 Å². The lowest BCUT2D eigenvalue weighted by Gasteiger charge is -2.16. The molecule has 134 valence electrons. The van der Waals surface area contributed by atoms with Crippen molar-refractivity contribution in [2.45, 2.75) is 13.0 Å². The summed E-state index contributed by atoms with van der Waals surface area (Å²) in [5.41, 5.74) is 2.72. The number of carbonyl (C=O) groups is 2. The summed E-state index contributed by atoms with van der Waals surface area (Å²) in [5, 5.41) is 13.2. The fraction of sp³-hybridized carbons (Fsp3) is 0.211. The molecule has 1 aliphatic rings. The summed E-state index contributed by atoms with van der Waals surface area (Å²) >= 11 is 6.20. The maximum atomic E-state index is 12.4. The number of hydrogen-bond acceptors (Lipinski definition) is 4. The van der Waals surface area contributed by atoms with E-state index in [2.05, 4.69) is 10.3 Å². The van der Waals surface area contributed by atoms with E-state index in [4.69, 9.17) is 11.6 Å². The molecule has 3 rings (SSSR count). The van der Waals surface area contributed by atoms with Crippen molar-refractivity contribution in [2.75, 3.05) is 13.6 Å². The molecule has 2 heterocycles. The third-order valence-electron chi connectivity index (χ3n) is 4.32. The summed E-state index contributed by atoms with van der Waals surface area (Å²) in [7, 11) is 1.53. The summed E-state index contributed by atoms with van der Waals surface area (Å²) in [6.07, 6.45) is 3.25. The van der Waals surface area contributed by atoms with E-state index >= 15 is 0 Å². The zero-order valence-electron chi connectivity index (χ0n) is 14.4. The average molecular weight is 372 g/mol. The number of likely N-dealkylation sites (N-methyl/N-ethyl adjacent to an activating group) is 1. The average Bonchev–Trinajstić information content (AvgIpc) is 2.89. The number of pyridine rings is 1. The molecule has 26 heavy (non-hydrogen) atoms. The minimum atomic E-state index is -0.544. The lowest BCUT2D eigenvalue weighted by atomic mass is 10.0. The fourth-order valence-electron chi connectivity index (χ4n) is 2.83. The highest BCUT2D eigenvalue weighted by Gasteiger charge is 2.32. The molecule has 0 saturated carbocycles. The SMILES string of the molecule is C[C@@H](NC(=O)C1=C(O)C(=O)N(C)C1)c1cccc(-c2ccncc2Cl)c1. The second-order valence-corrected chi connectivity index (χ2v) is 6.57. The number of benzene rings is 1. The van der Waals surface area contributed by atoms with Crippen LogP contribution in [0.3, 0.4) is 0 Å². The van der Waals surface area contributed by atoms with Crippen molar-refractivity contribution < 1.29 is 14.7 Å². The monoisotopic (exact) mass is 371 g/mol. The molecule has 1 atom stereocenters. The molecule has 0 radical (unpaired) electrons. The van der Waals surface area contributed by atoms with Crippen LogP contribution in [-0.2, 0) is 9.59 Å². The van der Waals surface area contributed by atoms with E-state index in [0.29, 0.717) is 5.02 Å². The molecule has 6 nitrogen and oxygen atoms in total. The number of nitrogens with one attached hydrogen (secondary N) is 1. The molecule has 2 amide bonds. The summed E-state index contributed by atoms with van der Waals surface area (Å²) in [6.45, 7) is 1.93. The van der Waals surface area contributed by atoms with Crippen LogP contribution in [0.15, 0.2) is 54.1 Å². The molecule has 1 aromatic heterocycles. The van der Waals surface area contributed by atoms with Crippen LogP contribution in [0.4, 0.5) is 0 Å². The minimum Gasteiger partial charge on any atom is -0.503 e. The van der Waals surface area contributed by atoms with Gasteiger partial charge >= 0.3 is 0 Å². The van der Waals surface area contributed by atoms with Crippen molar-refractivity contribution in [3.63, 3.8) is 0 Å². The van der Waals surface area contributed by atoms with Crippen molar-refractivity contribution >= 4 is 23.4 Å². The number of rotatable bonds is 4. The Bertz CT molecular complexity index is 910. The van der Waals surface area contributed by atoms with E-state index in [1.807, 2.05) is 37.3 Å². The molecular weight excluding hydrogens is 354 g/mol. The Morgan fingerprint density at radius 2 is 2.15 bits per heavy atom. The maximum Gasteiger partial charge on any atom is 0.289 e. The van der Waals surface area contributed by atoms with E-state index in [1.54, 1.807) is 12.4 Å². The van der Waals surface area contributed by atoms with Gasteiger partial charge in [0, 0.05) is 25.0 Å². The normalized spacial score (nSPS) is 15.3. The van der Waals surface area contributed by atoms with E-state index in [-0.39, 0.29) is 18.2 Å². The maximum absolute atomic E-state index is 12.4. The van der Waals surface area contributed by atoms with Gasteiger partial charge < -0.3 is 15.3 Å². The lowest BCUT2D eigenvalue weighted by molar-refractivity contribution is -0.126. The van der Waals surface area contributed by atoms with Gasteiger partial charge in [0.2, 0.25) is 0 Å². The second-order valence-electron chi connectivity index (χ2n) is 6.16. The number of halogens is 1. The number of nitrogens with zero attached hydrogens (tertiary/aromatic N) is 2. The van der Waals surface area contributed by atoms with Crippen molar-refractivity contribution in [1.82, 2.24) is 15.2 Å². The summed E-state index contributed by atoms with van der Waals surface area (Å²) < 4.78 is 0. The van der Waals surface area contributed by atoms with Crippen molar-refractivity contribution in [2.24, 2.45) is 0 Å². The van der Waals surface area contributed by atoms with Crippen LogP contribution in [0.1, 0.15) is 18.5 Å². The highest BCUT2D eigenvalue weighted by Crippen LogP contribution is 2.29. The van der Waals surface area contributed by atoms with Gasteiger partial charge in [-0.3, -0.25) is 14.6 Å². The molecule has 1 aromatic carbocycles. The quantitative estimate of drug-likeness (QED) is 0.865. The molecule has 0 bridgehead atoms. The molecule has 0 fully saturated rings. The van der Waals surface area contributed by atoms with Crippen LogP contribution < -0.4 is 5.32 Å². The smallest absolute Gasteiger partial charge is 0.289 e. The van der Waals surface area contributed by atoms with Gasteiger partial charge in [-0.1, -0.05) is 29.8 Å². The molecule has 0 spiro atoms. The van der Waals surface area contributed by atoms with Gasteiger partial charge in [0.25, 0.3) is 11.8 Å². The number of hydrogen-bond donors (Lipinski definition) is 2. The molecule has 0 saturated heterocycles. The van der Waals surface area contributed by atoms with Crippen LogP contribution in [0.2, 0.25) is 5.02 Å². The van der Waals surface area contributed by atoms with Gasteiger partial charge in [-0.05, 0) is 30.2 Å². The largest absolute Gasteiger partial charge is 0.503 e. The zero-order valence-corrected chi connectivity index (χ0v) is 15.1. The van der Waals surface area contributed by atoms with Gasteiger partial charge in [-0.25, -0.2) is 0 Å². The lowest BCUT2D eigenvalue weighted by Crippen LogP contribution is -2.30. The first-order valence-electron chi connectivity index (χ1n) is 8.06. The van der Waals surface area contributed by atoms with Crippen LogP contribution in [0.25, 0.3) is 11.1 Å². The number of aliphatic hydroxyl groups excluding tert-OH is 1. The summed E-state index contributed by atoms with van der Waals surface area (Å²) in [6, 6.07) is 9.15. The van der Waals surface area contributed by atoms with Gasteiger partial charge in [0.15, 0.2) is 5.76 Å². The highest BCUT2D eigenvalue weighted by molar-refractivity contribution is 6.33. The molecule has 0 unspecified atom stereocenters. The number of aromatic nitrogens is 1. The third-order valence-corrected chi connectivity index (χ3v) is 4.62. The molecular formula is C19H18ClN3O3. The Labute approximate surface area is 156 Å². The zero-order chi connectivity index (χ0) is 18.8. The van der Waals surface area contributed by atoms with Crippen LogP contribution >= 0.6 is 11.6 Å². The molecule has 2 N–H and O–H groups in total. The molecule has 1 aliphatic heterocycles. The van der Waals surface area contributed by atoms with Gasteiger partial charge in [0.05, 0.1) is 23.2 Å². The number of amides is 2. The third kappa shape index (κ3) is 3.41. The number of aliphatic hydroxyl groups is 1. The summed E-state index contributed by atoms with van der Waals surface area (Å²) in [4.78, 5) is 29.3. The van der Waals surface area contributed by atoms with E-state index in [0.717, 1.165) is 16.7 Å². The first kappa shape index (κ1) is 17.9. The Morgan fingerprint density at radius 3 is 2.81 bits per heavy atom. The Hall–Kier alpha value is -2.86. The standard InChI is InChI=1S/C19H18ClN3O3/c1-11(22-18(25)15-10-23(2)19(26)17(15)24)12-4-3-5-13(8-12)14-6-7-21-9-16(14)20/h3-9,11,24H,10H2,1-2H3,(H,22,25)/t11-/m1/s1. The Kier molecular flexibility index (Phi) is 4.95. The van der Waals surface area contributed by atoms with Crippen LogP contribution in [0, 0.1) is 0 Å². The minimum absolute atomic E-state index is 0.0812. The predicted octanol–water partition coefficient (Wildman–Crippen LogP) is 2.86. The Morgan fingerprint density at radius 1 is 1.38 bits per heavy atom. The molecule has 0 aliphatic carbocycles. The van der Waals surface area contributed by atoms with E-state index < -0.39 is 17.6 Å². The Balaban J connectivity index is 1.80.